The van der Waals surface area contributed by atoms with Gasteiger partial charge in [-0.25, -0.2) is 0 Å². The van der Waals surface area contributed by atoms with Gasteiger partial charge >= 0.3 is 5.69 Å². The SMILES string of the molecule is NCC=Cc1cc(C=O)c(O)c([N+](=O)[O-])c1. The minimum absolute atomic E-state index is 0.120. The molecule has 6 heteroatoms. The molecule has 0 fully saturated rings. The first kappa shape index (κ1) is 11.9. The van der Waals surface area contributed by atoms with Crippen molar-refractivity contribution in [2.75, 3.05) is 6.54 Å². The highest BCUT2D eigenvalue weighted by atomic mass is 16.6. The second-order valence-electron chi connectivity index (χ2n) is 2.99. The van der Waals surface area contributed by atoms with Gasteiger partial charge in [0.25, 0.3) is 0 Å². The normalized spacial score (nSPS) is 10.6. The number of phenolic OH excluding ortho intramolecular Hbond substituents is 1. The molecule has 0 aliphatic heterocycles. The molecule has 0 amide bonds. The van der Waals surface area contributed by atoms with E-state index < -0.39 is 16.4 Å². The molecule has 0 bridgehead atoms. The highest BCUT2D eigenvalue weighted by molar-refractivity contribution is 5.83. The highest BCUT2D eigenvalue weighted by Crippen LogP contribution is 2.30. The van der Waals surface area contributed by atoms with Gasteiger partial charge in [0, 0.05) is 12.6 Å². The van der Waals surface area contributed by atoms with E-state index in [0.717, 1.165) is 0 Å². The van der Waals surface area contributed by atoms with Gasteiger partial charge in [0.15, 0.2) is 6.29 Å². The molecule has 1 aromatic carbocycles. The lowest BCUT2D eigenvalue weighted by Crippen LogP contribution is -1.95. The Bertz CT molecular complexity index is 454. The van der Waals surface area contributed by atoms with E-state index in [-0.39, 0.29) is 12.1 Å². The lowest BCUT2D eigenvalue weighted by Gasteiger charge is -2.01. The van der Waals surface area contributed by atoms with Gasteiger partial charge in [-0.05, 0) is 11.6 Å². The van der Waals surface area contributed by atoms with Gasteiger partial charge in [-0.2, -0.15) is 0 Å². The Hall–Kier alpha value is -2.21. The Morgan fingerprint density at radius 3 is 2.69 bits per heavy atom. The van der Waals surface area contributed by atoms with Crippen LogP contribution in [0.3, 0.4) is 0 Å². The maximum atomic E-state index is 10.6. The smallest absolute Gasteiger partial charge is 0.312 e. The average molecular weight is 222 g/mol. The van der Waals surface area contributed by atoms with E-state index in [2.05, 4.69) is 0 Å². The summed E-state index contributed by atoms with van der Waals surface area (Å²) >= 11 is 0. The summed E-state index contributed by atoms with van der Waals surface area (Å²) < 4.78 is 0. The molecule has 6 nitrogen and oxygen atoms in total. The molecule has 1 aromatic rings. The maximum absolute atomic E-state index is 10.6. The van der Waals surface area contributed by atoms with Crippen LogP contribution in [-0.2, 0) is 0 Å². The molecule has 0 atom stereocenters. The van der Waals surface area contributed by atoms with Gasteiger partial charge in [0.2, 0.25) is 5.75 Å². The fourth-order valence-corrected chi connectivity index (χ4v) is 1.19. The number of aldehydes is 1. The molecule has 0 radical (unpaired) electrons. The Kier molecular flexibility index (Phi) is 3.73. The van der Waals surface area contributed by atoms with E-state index in [1.54, 1.807) is 12.2 Å². The number of nitrogens with zero attached hydrogens (tertiary/aromatic N) is 1. The first-order valence-corrected chi connectivity index (χ1v) is 4.43. The number of carbonyl (C=O) groups excluding carboxylic acids is 1. The number of hydrogen-bond acceptors (Lipinski definition) is 5. The molecule has 3 N–H and O–H groups in total. The fourth-order valence-electron chi connectivity index (χ4n) is 1.19. The first-order chi connectivity index (χ1) is 7.60. The maximum Gasteiger partial charge on any atom is 0.312 e. The third-order valence-corrected chi connectivity index (χ3v) is 1.91. The summed E-state index contributed by atoms with van der Waals surface area (Å²) in [5.74, 6) is -0.620. The molecule has 1 rings (SSSR count). The van der Waals surface area contributed by atoms with Gasteiger partial charge < -0.3 is 10.8 Å². The van der Waals surface area contributed by atoms with E-state index in [4.69, 9.17) is 5.73 Å². The molecule has 0 aliphatic rings. The van der Waals surface area contributed by atoms with Crippen LogP contribution in [0.15, 0.2) is 18.2 Å². The van der Waals surface area contributed by atoms with Crippen molar-refractivity contribution in [1.29, 1.82) is 0 Å². The van der Waals surface area contributed by atoms with Gasteiger partial charge in [-0.1, -0.05) is 12.2 Å². The van der Waals surface area contributed by atoms with E-state index >= 15 is 0 Å². The van der Waals surface area contributed by atoms with Crippen LogP contribution in [0.4, 0.5) is 5.69 Å². The van der Waals surface area contributed by atoms with Crippen molar-refractivity contribution in [3.05, 3.63) is 39.4 Å². The summed E-state index contributed by atoms with van der Waals surface area (Å²) in [6.45, 7) is 0.283. The van der Waals surface area contributed by atoms with Gasteiger partial charge in [-0.15, -0.1) is 0 Å². The zero-order valence-corrected chi connectivity index (χ0v) is 8.29. The summed E-state index contributed by atoms with van der Waals surface area (Å²) in [4.78, 5) is 20.4. The van der Waals surface area contributed by atoms with Crippen LogP contribution in [0.5, 0.6) is 5.75 Å². The van der Waals surface area contributed by atoms with E-state index in [1.165, 1.54) is 12.1 Å². The molecular formula is C10H10N2O4. The summed E-state index contributed by atoms with van der Waals surface area (Å²) in [6, 6.07) is 2.52. The van der Waals surface area contributed by atoms with Crippen molar-refractivity contribution in [1.82, 2.24) is 0 Å². The number of phenols is 1. The number of nitro benzene ring substituents is 1. The minimum Gasteiger partial charge on any atom is -0.502 e. The predicted octanol–water partition coefficient (Wildman–Crippen LogP) is 1.08. The summed E-state index contributed by atoms with van der Waals surface area (Å²) in [6.07, 6.45) is 3.49. The molecule has 0 saturated carbocycles. The van der Waals surface area contributed by atoms with Gasteiger partial charge in [0.1, 0.15) is 0 Å². The van der Waals surface area contributed by atoms with Gasteiger partial charge in [-0.3, -0.25) is 14.9 Å². The number of nitro groups is 1. The summed E-state index contributed by atoms with van der Waals surface area (Å²) in [7, 11) is 0. The first-order valence-electron chi connectivity index (χ1n) is 4.43. The molecule has 0 unspecified atom stereocenters. The Labute approximate surface area is 91.2 Å². The zero-order chi connectivity index (χ0) is 12.1. The molecule has 0 aliphatic carbocycles. The van der Waals surface area contributed by atoms with Gasteiger partial charge in [0.05, 0.1) is 10.5 Å². The van der Waals surface area contributed by atoms with Crippen molar-refractivity contribution in [2.45, 2.75) is 0 Å². The largest absolute Gasteiger partial charge is 0.502 e. The lowest BCUT2D eigenvalue weighted by atomic mass is 10.1. The third-order valence-electron chi connectivity index (χ3n) is 1.91. The van der Waals surface area contributed by atoms with Crippen molar-refractivity contribution >= 4 is 18.0 Å². The monoisotopic (exact) mass is 222 g/mol. The number of aromatic hydroxyl groups is 1. The number of rotatable bonds is 4. The second-order valence-corrected chi connectivity index (χ2v) is 2.99. The predicted molar refractivity (Wildman–Crippen MR) is 58.2 cm³/mol. The van der Waals surface area contributed by atoms with Crippen LogP contribution in [-0.4, -0.2) is 22.9 Å². The third kappa shape index (κ3) is 2.43. The molecule has 0 spiro atoms. The van der Waals surface area contributed by atoms with Crippen molar-refractivity contribution in [2.24, 2.45) is 5.73 Å². The topological polar surface area (TPSA) is 106 Å². The Morgan fingerprint density at radius 1 is 1.50 bits per heavy atom. The molecule has 16 heavy (non-hydrogen) atoms. The molecular weight excluding hydrogens is 212 g/mol. The van der Waals surface area contributed by atoms with E-state index in [1.807, 2.05) is 0 Å². The second kappa shape index (κ2) is 5.04. The number of benzene rings is 1. The minimum atomic E-state index is -0.748. The molecule has 0 saturated heterocycles. The summed E-state index contributed by atoms with van der Waals surface area (Å²) in [5.41, 5.74) is 5.06. The van der Waals surface area contributed by atoms with E-state index in [9.17, 15) is 20.0 Å². The van der Waals surface area contributed by atoms with Crippen LogP contribution in [0.1, 0.15) is 15.9 Å². The van der Waals surface area contributed by atoms with Crippen LogP contribution in [0, 0.1) is 10.1 Å². The van der Waals surface area contributed by atoms with Crippen LogP contribution >= 0.6 is 0 Å². The van der Waals surface area contributed by atoms with Crippen molar-refractivity contribution in [3.63, 3.8) is 0 Å². The highest BCUT2D eigenvalue weighted by Gasteiger charge is 2.17. The number of nitrogens with two attached hydrogens (primary N) is 1. The number of hydrogen-bond donors (Lipinski definition) is 2. The van der Waals surface area contributed by atoms with Crippen LogP contribution in [0.25, 0.3) is 6.08 Å². The molecule has 84 valence electrons. The van der Waals surface area contributed by atoms with Crippen molar-refractivity contribution in [3.8, 4) is 5.75 Å². The standard InChI is InChI=1S/C10H10N2O4/c11-3-1-2-7-4-8(6-13)10(14)9(5-7)12(15)16/h1-2,4-6,14H,3,11H2. The van der Waals surface area contributed by atoms with E-state index in [0.29, 0.717) is 11.8 Å². The molecule has 0 heterocycles. The lowest BCUT2D eigenvalue weighted by molar-refractivity contribution is -0.385. The molecule has 0 aromatic heterocycles. The zero-order valence-electron chi connectivity index (χ0n) is 8.29. The van der Waals surface area contributed by atoms with Crippen LogP contribution < -0.4 is 5.73 Å². The fraction of sp³-hybridized carbons (Fsp3) is 0.100. The van der Waals surface area contributed by atoms with Crippen LogP contribution in [0.2, 0.25) is 0 Å². The Balaban J connectivity index is 3.33. The number of carbonyl (C=O) groups is 1. The summed E-state index contributed by atoms with van der Waals surface area (Å²) in [5, 5.41) is 20.0. The quantitative estimate of drug-likeness (QED) is 0.450. The Morgan fingerprint density at radius 2 is 2.19 bits per heavy atom. The average Bonchev–Trinajstić information content (AvgIpc) is 2.27. The van der Waals surface area contributed by atoms with Crippen molar-refractivity contribution < 1.29 is 14.8 Å².